The molecule has 0 saturated carbocycles. The lowest BCUT2D eigenvalue weighted by Crippen LogP contribution is -2.43. The van der Waals surface area contributed by atoms with E-state index >= 15 is 0 Å². The molecule has 1 aromatic carbocycles. The average molecular weight is 344 g/mol. The molecule has 0 spiro atoms. The van der Waals surface area contributed by atoms with Gasteiger partial charge >= 0.3 is 0 Å². The van der Waals surface area contributed by atoms with Crippen LogP contribution in [0.4, 0.5) is 0 Å². The summed E-state index contributed by atoms with van der Waals surface area (Å²) in [6, 6.07) is 8.93. The number of benzene rings is 1. The zero-order chi connectivity index (χ0) is 18.2. The molecule has 0 unspecified atom stereocenters. The first-order valence-electron chi connectivity index (χ1n) is 7.80. The fourth-order valence-corrected chi connectivity index (χ4v) is 2.37. The van der Waals surface area contributed by atoms with Crippen LogP contribution < -0.4 is 25.1 Å². The standard InChI is InChI=1S/C18H21N3O4/c1-24-15-6-5-13(10-16(15)25-2)7-8-20-17(22)12-21-9-3-4-14(11-21)18(19)23/h3-6,9-11H,7-8,12H2,1-2H3,(H2-,19,20,22,23)/p+1. The zero-order valence-electron chi connectivity index (χ0n) is 14.3. The Hall–Kier alpha value is -3.09. The number of nitrogens with one attached hydrogen (secondary N) is 1. The lowest BCUT2D eigenvalue weighted by atomic mass is 10.1. The van der Waals surface area contributed by atoms with Gasteiger partial charge in [-0.15, -0.1) is 0 Å². The molecule has 0 aliphatic rings. The molecular weight excluding hydrogens is 322 g/mol. The van der Waals surface area contributed by atoms with Gasteiger partial charge in [-0.1, -0.05) is 6.07 Å². The topological polar surface area (TPSA) is 94.5 Å². The first-order chi connectivity index (χ1) is 12.0. The van der Waals surface area contributed by atoms with Gasteiger partial charge < -0.3 is 20.5 Å². The van der Waals surface area contributed by atoms with E-state index in [0.717, 1.165) is 5.56 Å². The highest BCUT2D eigenvalue weighted by Crippen LogP contribution is 2.27. The highest BCUT2D eigenvalue weighted by Gasteiger charge is 2.12. The van der Waals surface area contributed by atoms with Crippen LogP contribution in [0.15, 0.2) is 42.7 Å². The first kappa shape index (κ1) is 18.3. The lowest BCUT2D eigenvalue weighted by molar-refractivity contribution is -0.684. The van der Waals surface area contributed by atoms with E-state index in [-0.39, 0.29) is 12.5 Å². The van der Waals surface area contributed by atoms with Crippen molar-refractivity contribution in [2.24, 2.45) is 5.73 Å². The van der Waals surface area contributed by atoms with E-state index in [9.17, 15) is 9.59 Å². The molecule has 1 heterocycles. The van der Waals surface area contributed by atoms with Gasteiger partial charge in [-0.25, -0.2) is 0 Å². The molecule has 0 saturated heterocycles. The van der Waals surface area contributed by atoms with Crippen molar-refractivity contribution < 1.29 is 23.6 Å². The van der Waals surface area contributed by atoms with E-state index in [4.69, 9.17) is 15.2 Å². The van der Waals surface area contributed by atoms with Gasteiger partial charge in [-0.05, 0) is 30.2 Å². The van der Waals surface area contributed by atoms with E-state index in [1.54, 1.807) is 43.3 Å². The molecular formula is C18H22N3O4+. The Balaban J connectivity index is 1.86. The van der Waals surface area contributed by atoms with Crippen molar-refractivity contribution in [3.05, 3.63) is 53.9 Å². The van der Waals surface area contributed by atoms with Gasteiger partial charge in [0, 0.05) is 12.6 Å². The molecule has 1 aromatic heterocycles. The van der Waals surface area contributed by atoms with Crippen molar-refractivity contribution in [1.82, 2.24) is 5.32 Å². The number of methoxy groups -OCH3 is 2. The van der Waals surface area contributed by atoms with E-state index in [1.807, 2.05) is 18.2 Å². The molecule has 7 heteroatoms. The van der Waals surface area contributed by atoms with Crippen LogP contribution in [0, 0.1) is 0 Å². The fourth-order valence-electron chi connectivity index (χ4n) is 2.37. The van der Waals surface area contributed by atoms with Crippen LogP contribution in [0.1, 0.15) is 15.9 Å². The normalized spacial score (nSPS) is 10.2. The number of rotatable bonds is 8. The summed E-state index contributed by atoms with van der Waals surface area (Å²) in [5.41, 5.74) is 6.62. The molecule has 0 aliphatic heterocycles. The molecule has 0 bridgehead atoms. The SMILES string of the molecule is COc1ccc(CCNC(=O)C[n+]2cccc(C(N)=O)c2)cc1OC. The maximum absolute atomic E-state index is 12.0. The van der Waals surface area contributed by atoms with Gasteiger partial charge in [-0.2, -0.15) is 4.57 Å². The molecule has 0 aliphatic carbocycles. The Morgan fingerprint density at radius 3 is 2.60 bits per heavy atom. The predicted molar refractivity (Wildman–Crippen MR) is 91.4 cm³/mol. The third-order valence-corrected chi connectivity index (χ3v) is 3.65. The first-order valence-corrected chi connectivity index (χ1v) is 7.80. The number of ether oxygens (including phenoxy) is 2. The van der Waals surface area contributed by atoms with Gasteiger partial charge in [0.05, 0.1) is 14.2 Å². The third kappa shape index (κ3) is 5.20. The average Bonchev–Trinajstić information content (AvgIpc) is 2.61. The molecule has 0 fully saturated rings. The van der Waals surface area contributed by atoms with Gasteiger partial charge in [0.15, 0.2) is 23.9 Å². The van der Waals surface area contributed by atoms with Crippen LogP contribution in [0.3, 0.4) is 0 Å². The summed E-state index contributed by atoms with van der Waals surface area (Å²) in [7, 11) is 3.17. The Kier molecular flexibility index (Phi) is 6.33. The van der Waals surface area contributed by atoms with Crippen molar-refractivity contribution in [3.63, 3.8) is 0 Å². The monoisotopic (exact) mass is 344 g/mol. The van der Waals surface area contributed by atoms with Gasteiger partial charge in [-0.3, -0.25) is 9.59 Å². The highest BCUT2D eigenvalue weighted by molar-refractivity contribution is 5.92. The van der Waals surface area contributed by atoms with E-state index < -0.39 is 5.91 Å². The largest absolute Gasteiger partial charge is 0.493 e. The fraction of sp³-hybridized carbons (Fsp3) is 0.278. The number of nitrogens with zero attached hydrogens (tertiary/aromatic N) is 1. The molecule has 2 amide bonds. The number of pyridine rings is 1. The number of primary amides is 1. The molecule has 25 heavy (non-hydrogen) atoms. The molecule has 0 radical (unpaired) electrons. The van der Waals surface area contributed by atoms with E-state index in [0.29, 0.717) is 30.0 Å². The van der Waals surface area contributed by atoms with Gasteiger partial charge in [0.2, 0.25) is 6.54 Å². The third-order valence-electron chi connectivity index (χ3n) is 3.65. The Bertz CT molecular complexity index is 762. The van der Waals surface area contributed by atoms with Crippen LogP contribution in [0.2, 0.25) is 0 Å². The van der Waals surface area contributed by atoms with Crippen LogP contribution in [-0.4, -0.2) is 32.6 Å². The number of hydrogen-bond donors (Lipinski definition) is 2. The lowest BCUT2D eigenvalue weighted by Gasteiger charge is -2.09. The summed E-state index contributed by atoms with van der Waals surface area (Å²) >= 11 is 0. The second-order valence-electron chi connectivity index (χ2n) is 5.42. The zero-order valence-corrected chi connectivity index (χ0v) is 14.3. The minimum Gasteiger partial charge on any atom is -0.493 e. The van der Waals surface area contributed by atoms with Crippen LogP contribution >= 0.6 is 0 Å². The van der Waals surface area contributed by atoms with E-state index in [1.165, 1.54) is 0 Å². The highest BCUT2D eigenvalue weighted by atomic mass is 16.5. The Morgan fingerprint density at radius 2 is 1.92 bits per heavy atom. The summed E-state index contributed by atoms with van der Waals surface area (Å²) in [5, 5.41) is 2.85. The van der Waals surface area contributed by atoms with Gasteiger partial charge in [0.25, 0.3) is 11.8 Å². The summed E-state index contributed by atoms with van der Waals surface area (Å²) in [6.45, 7) is 0.609. The Morgan fingerprint density at radius 1 is 1.16 bits per heavy atom. The van der Waals surface area contributed by atoms with Crippen molar-refractivity contribution in [2.75, 3.05) is 20.8 Å². The van der Waals surface area contributed by atoms with Crippen LogP contribution in [0.5, 0.6) is 11.5 Å². The molecule has 3 N–H and O–H groups in total. The van der Waals surface area contributed by atoms with Crippen molar-refractivity contribution >= 4 is 11.8 Å². The number of hydrogen-bond acceptors (Lipinski definition) is 4. The maximum atomic E-state index is 12.0. The van der Waals surface area contributed by atoms with Gasteiger partial charge in [0.1, 0.15) is 5.56 Å². The molecule has 0 atom stereocenters. The predicted octanol–water partition coefficient (Wildman–Crippen LogP) is 0.449. The molecule has 7 nitrogen and oxygen atoms in total. The number of aromatic nitrogens is 1. The quantitative estimate of drug-likeness (QED) is 0.680. The number of amides is 2. The summed E-state index contributed by atoms with van der Waals surface area (Å²) in [6.07, 6.45) is 3.93. The Labute approximate surface area is 146 Å². The van der Waals surface area contributed by atoms with Crippen molar-refractivity contribution in [1.29, 1.82) is 0 Å². The maximum Gasteiger partial charge on any atom is 0.285 e. The molecule has 2 rings (SSSR count). The summed E-state index contributed by atoms with van der Waals surface area (Å²) in [5.74, 6) is 0.654. The van der Waals surface area contributed by atoms with Crippen molar-refractivity contribution in [2.45, 2.75) is 13.0 Å². The summed E-state index contributed by atoms with van der Waals surface area (Å²) in [4.78, 5) is 23.2. The second kappa shape index (κ2) is 8.68. The second-order valence-corrected chi connectivity index (χ2v) is 5.42. The number of carbonyl (C=O) groups is 2. The minimum absolute atomic E-state index is 0.118. The van der Waals surface area contributed by atoms with Crippen LogP contribution in [0.25, 0.3) is 0 Å². The number of nitrogens with two attached hydrogens (primary N) is 1. The van der Waals surface area contributed by atoms with Crippen molar-refractivity contribution in [3.8, 4) is 11.5 Å². The molecule has 2 aromatic rings. The number of carbonyl (C=O) groups excluding carboxylic acids is 2. The summed E-state index contributed by atoms with van der Waals surface area (Å²) < 4.78 is 12.1. The smallest absolute Gasteiger partial charge is 0.285 e. The minimum atomic E-state index is -0.525. The van der Waals surface area contributed by atoms with E-state index in [2.05, 4.69) is 5.32 Å². The molecule has 132 valence electrons. The van der Waals surface area contributed by atoms with Crippen LogP contribution in [-0.2, 0) is 17.8 Å².